The quantitative estimate of drug-likeness (QED) is 0.527. The van der Waals surface area contributed by atoms with Crippen LogP contribution in [0.25, 0.3) is 0 Å². The zero-order valence-electron chi connectivity index (χ0n) is 11.2. The molecule has 0 spiro atoms. The first-order chi connectivity index (χ1) is 9.05. The van der Waals surface area contributed by atoms with Gasteiger partial charge in [0.15, 0.2) is 0 Å². The van der Waals surface area contributed by atoms with Gasteiger partial charge in [-0.25, -0.2) is 9.97 Å². The van der Waals surface area contributed by atoms with Crippen molar-refractivity contribution < 1.29 is 13.2 Å². The Morgan fingerprint density at radius 1 is 1.00 bits per heavy atom. The molecule has 0 atom stereocenters. The molecule has 1 heterocycles. The number of anilines is 1. The van der Waals surface area contributed by atoms with E-state index in [1.807, 2.05) is 0 Å². The van der Waals surface area contributed by atoms with Crippen molar-refractivity contribution in [3.05, 3.63) is 18.5 Å². The van der Waals surface area contributed by atoms with E-state index in [1.54, 1.807) is 0 Å². The number of aromatic nitrogens is 2. The Morgan fingerprint density at radius 3 is 2.16 bits per heavy atom. The third-order valence-corrected chi connectivity index (χ3v) is 2.83. The minimum atomic E-state index is -4.43. The minimum absolute atomic E-state index is 0.0837. The second-order valence-corrected chi connectivity index (χ2v) is 4.44. The summed E-state index contributed by atoms with van der Waals surface area (Å²) >= 11 is 0. The highest BCUT2D eigenvalue weighted by molar-refractivity contribution is 5.29. The summed E-state index contributed by atoms with van der Waals surface area (Å²) in [5.74, 6) is -0.274. The molecule has 0 aliphatic heterocycles. The summed E-state index contributed by atoms with van der Waals surface area (Å²) in [4.78, 5) is 7.65. The van der Waals surface area contributed by atoms with Crippen molar-refractivity contribution >= 4 is 5.95 Å². The molecular weight excluding hydrogens is 255 g/mol. The third-order valence-electron chi connectivity index (χ3n) is 2.83. The van der Waals surface area contributed by atoms with Crippen molar-refractivity contribution in [1.82, 2.24) is 9.97 Å². The molecule has 3 nitrogen and oxygen atoms in total. The van der Waals surface area contributed by atoms with Gasteiger partial charge in [-0.15, -0.1) is 13.2 Å². The molecule has 0 amide bonds. The maximum absolute atomic E-state index is 12.9. The highest BCUT2D eigenvalue weighted by atomic mass is 19.4. The maximum atomic E-state index is 12.9. The molecule has 0 radical (unpaired) electrons. The minimum Gasteiger partial charge on any atom is -0.252 e. The lowest BCUT2D eigenvalue weighted by Gasteiger charge is -2.24. The van der Waals surface area contributed by atoms with Gasteiger partial charge >= 0.3 is 6.30 Å². The van der Waals surface area contributed by atoms with Gasteiger partial charge in [0.05, 0.1) is 0 Å². The Hall–Kier alpha value is -1.33. The van der Waals surface area contributed by atoms with Crippen molar-refractivity contribution in [3.63, 3.8) is 0 Å². The first kappa shape index (κ1) is 15.7. The molecule has 0 unspecified atom stereocenters. The van der Waals surface area contributed by atoms with Crippen molar-refractivity contribution in [1.29, 1.82) is 0 Å². The third kappa shape index (κ3) is 5.89. The molecular formula is C13H20F3N3. The van der Waals surface area contributed by atoms with Crippen LogP contribution < -0.4 is 4.90 Å². The zero-order chi connectivity index (χ0) is 14.1. The van der Waals surface area contributed by atoms with Crippen LogP contribution in [0.4, 0.5) is 19.1 Å². The Kier molecular flexibility index (Phi) is 6.59. The van der Waals surface area contributed by atoms with Gasteiger partial charge in [0, 0.05) is 18.9 Å². The SMILES string of the molecule is CCCCCCCCN(c1ncccn1)C(F)(F)F. The van der Waals surface area contributed by atoms with Crippen LogP contribution in [0.15, 0.2) is 18.5 Å². The second-order valence-electron chi connectivity index (χ2n) is 4.44. The molecule has 1 aromatic heterocycles. The number of hydrogen-bond acceptors (Lipinski definition) is 3. The lowest BCUT2D eigenvalue weighted by Crippen LogP contribution is -2.40. The molecule has 0 fully saturated rings. The van der Waals surface area contributed by atoms with E-state index < -0.39 is 6.30 Å². The van der Waals surface area contributed by atoms with Crippen LogP contribution in [-0.2, 0) is 0 Å². The predicted octanol–water partition coefficient (Wildman–Crippen LogP) is 4.16. The molecule has 0 aliphatic rings. The van der Waals surface area contributed by atoms with Crippen LogP contribution in [-0.4, -0.2) is 22.8 Å². The Labute approximate surface area is 111 Å². The highest BCUT2D eigenvalue weighted by Gasteiger charge is 2.38. The lowest BCUT2D eigenvalue weighted by molar-refractivity contribution is -0.130. The van der Waals surface area contributed by atoms with Gasteiger partial charge < -0.3 is 0 Å². The van der Waals surface area contributed by atoms with Crippen molar-refractivity contribution in [2.24, 2.45) is 0 Å². The summed E-state index contributed by atoms with van der Waals surface area (Å²) in [7, 11) is 0. The highest BCUT2D eigenvalue weighted by Crippen LogP contribution is 2.25. The number of unbranched alkanes of at least 4 members (excludes halogenated alkanes) is 5. The van der Waals surface area contributed by atoms with Crippen LogP contribution in [0.2, 0.25) is 0 Å². The Morgan fingerprint density at radius 2 is 1.58 bits per heavy atom. The fourth-order valence-corrected chi connectivity index (χ4v) is 1.82. The summed E-state index contributed by atoms with van der Waals surface area (Å²) in [5.41, 5.74) is 0. The van der Waals surface area contributed by atoms with E-state index in [-0.39, 0.29) is 12.5 Å². The molecule has 0 saturated heterocycles. The van der Waals surface area contributed by atoms with E-state index in [2.05, 4.69) is 16.9 Å². The van der Waals surface area contributed by atoms with Gasteiger partial charge in [-0.2, -0.15) is 0 Å². The summed E-state index contributed by atoms with van der Waals surface area (Å²) in [6, 6.07) is 1.50. The molecule has 0 saturated carbocycles. The summed E-state index contributed by atoms with van der Waals surface area (Å²) in [5, 5.41) is 0. The number of alkyl halides is 3. The molecule has 0 aromatic carbocycles. The average molecular weight is 275 g/mol. The Bertz CT molecular complexity index is 341. The van der Waals surface area contributed by atoms with Crippen molar-refractivity contribution in [2.75, 3.05) is 11.4 Å². The second kappa shape index (κ2) is 7.96. The molecule has 19 heavy (non-hydrogen) atoms. The van der Waals surface area contributed by atoms with E-state index in [1.165, 1.54) is 18.5 Å². The van der Waals surface area contributed by atoms with E-state index in [0.29, 0.717) is 11.3 Å². The molecule has 1 aromatic rings. The molecule has 0 N–H and O–H groups in total. The van der Waals surface area contributed by atoms with Crippen LogP contribution in [0.3, 0.4) is 0 Å². The van der Waals surface area contributed by atoms with E-state index >= 15 is 0 Å². The lowest BCUT2D eigenvalue weighted by atomic mass is 10.1. The van der Waals surface area contributed by atoms with E-state index in [9.17, 15) is 13.2 Å². The van der Waals surface area contributed by atoms with Crippen molar-refractivity contribution in [3.8, 4) is 0 Å². The first-order valence-corrected chi connectivity index (χ1v) is 6.67. The van der Waals surface area contributed by atoms with Crippen LogP contribution >= 0.6 is 0 Å². The maximum Gasteiger partial charge on any atom is 0.487 e. The average Bonchev–Trinajstić information content (AvgIpc) is 2.37. The number of rotatable bonds is 8. The van der Waals surface area contributed by atoms with Gasteiger partial charge in [0.2, 0.25) is 5.95 Å². The van der Waals surface area contributed by atoms with Gasteiger partial charge in [-0.1, -0.05) is 39.0 Å². The summed E-state index contributed by atoms with van der Waals surface area (Å²) in [6.07, 6.45) is 3.87. The van der Waals surface area contributed by atoms with Gasteiger partial charge in [-0.3, -0.25) is 4.90 Å². The first-order valence-electron chi connectivity index (χ1n) is 6.67. The fraction of sp³-hybridized carbons (Fsp3) is 0.692. The number of hydrogen-bond donors (Lipinski definition) is 0. The van der Waals surface area contributed by atoms with Gasteiger partial charge in [0.1, 0.15) is 0 Å². The molecule has 1 rings (SSSR count). The van der Waals surface area contributed by atoms with Gasteiger partial charge in [-0.05, 0) is 12.5 Å². The molecule has 0 aliphatic carbocycles. The van der Waals surface area contributed by atoms with Crippen LogP contribution in [0.5, 0.6) is 0 Å². The van der Waals surface area contributed by atoms with Crippen LogP contribution in [0, 0.1) is 0 Å². The smallest absolute Gasteiger partial charge is 0.252 e. The monoisotopic (exact) mass is 275 g/mol. The standard InChI is InChI=1S/C13H20F3N3/c1-2-3-4-5-6-7-11-19(13(14,15)16)12-17-9-8-10-18-12/h8-10H,2-7,11H2,1H3. The molecule has 6 heteroatoms. The summed E-state index contributed by atoms with van der Waals surface area (Å²) < 4.78 is 38.6. The summed E-state index contributed by atoms with van der Waals surface area (Å²) in [6.45, 7) is 2.03. The fourth-order valence-electron chi connectivity index (χ4n) is 1.82. The normalized spacial score (nSPS) is 11.6. The van der Waals surface area contributed by atoms with E-state index in [4.69, 9.17) is 0 Å². The topological polar surface area (TPSA) is 29.0 Å². The van der Waals surface area contributed by atoms with Crippen molar-refractivity contribution in [2.45, 2.75) is 51.7 Å². The largest absolute Gasteiger partial charge is 0.487 e. The molecule has 108 valence electrons. The number of halogens is 3. The zero-order valence-corrected chi connectivity index (χ0v) is 11.2. The van der Waals surface area contributed by atoms with Crippen LogP contribution in [0.1, 0.15) is 45.4 Å². The van der Waals surface area contributed by atoms with Gasteiger partial charge in [0.25, 0.3) is 0 Å². The Balaban J connectivity index is 2.44. The van der Waals surface area contributed by atoms with E-state index in [0.717, 1.165) is 32.1 Å². The molecule has 0 bridgehead atoms. The number of nitrogens with zero attached hydrogens (tertiary/aromatic N) is 3. The predicted molar refractivity (Wildman–Crippen MR) is 68.8 cm³/mol.